The number of hydrogen-bond donors (Lipinski definition) is 0. The van der Waals surface area contributed by atoms with Crippen molar-refractivity contribution in [3.05, 3.63) is 30.3 Å². The highest BCUT2D eigenvalue weighted by Crippen LogP contribution is 2.15. The van der Waals surface area contributed by atoms with Gasteiger partial charge in [-0.05, 0) is 44.0 Å². The van der Waals surface area contributed by atoms with Gasteiger partial charge in [-0.1, -0.05) is 32.0 Å². The van der Waals surface area contributed by atoms with Gasteiger partial charge in [0.1, 0.15) is 0 Å². The molecule has 0 amide bonds. The van der Waals surface area contributed by atoms with E-state index in [0.29, 0.717) is 5.92 Å². The third kappa shape index (κ3) is 4.84. The van der Waals surface area contributed by atoms with Crippen LogP contribution < -0.4 is 5.06 Å². The zero-order valence-electron chi connectivity index (χ0n) is 12.2. The second kappa shape index (κ2) is 7.51. The van der Waals surface area contributed by atoms with Crippen molar-refractivity contribution in [2.45, 2.75) is 26.7 Å². The number of hydroxylamine groups is 1. The molecule has 1 aliphatic heterocycles. The molecule has 1 saturated heterocycles. The predicted octanol–water partition coefficient (Wildman–Crippen LogP) is 3.18. The van der Waals surface area contributed by atoms with Crippen molar-refractivity contribution in [2.24, 2.45) is 5.92 Å². The largest absolute Gasteiger partial charge is 0.301 e. The molecule has 19 heavy (non-hydrogen) atoms. The maximum atomic E-state index is 5.96. The quantitative estimate of drug-likeness (QED) is 0.702. The number of benzene rings is 1. The summed E-state index contributed by atoms with van der Waals surface area (Å²) in [7, 11) is 0. The van der Waals surface area contributed by atoms with Crippen LogP contribution in [0.4, 0.5) is 5.69 Å². The summed E-state index contributed by atoms with van der Waals surface area (Å²) in [5.74, 6) is 0.554. The maximum absolute atomic E-state index is 5.96. The molecule has 0 atom stereocenters. The second-order valence-corrected chi connectivity index (χ2v) is 5.68. The predicted molar refractivity (Wildman–Crippen MR) is 80.3 cm³/mol. The molecule has 0 radical (unpaired) electrons. The Morgan fingerprint density at radius 1 is 1.16 bits per heavy atom. The lowest BCUT2D eigenvalue weighted by Crippen LogP contribution is -2.34. The number of likely N-dealkylation sites (tertiary alicyclic amines) is 1. The first-order valence-corrected chi connectivity index (χ1v) is 7.43. The minimum absolute atomic E-state index is 0.554. The van der Waals surface area contributed by atoms with Crippen molar-refractivity contribution in [3.63, 3.8) is 0 Å². The summed E-state index contributed by atoms with van der Waals surface area (Å²) in [6.45, 7) is 9.66. The molecule has 1 aromatic rings. The Labute approximate surface area is 117 Å². The van der Waals surface area contributed by atoms with Gasteiger partial charge in [0, 0.05) is 6.54 Å². The number of hydrogen-bond acceptors (Lipinski definition) is 3. The third-order valence-corrected chi connectivity index (χ3v) is 3.43. The highest BCUT2D eigenvalue weighted by Gasteiger charge is 2.14. The first-order valence-electron chi connectivity index (χ1n) is 7.43. The van der Waals surface area contributed by atoms with Gasteiger partial charge >= 0.3 is 0 Å². The SMILES string of the molecule is CC(C)CON(CCN1CCCC1)c1ccccc1. The summed E-state index contributed by atoms with van der Waals surface area (Å²) in [6, 6.07) is 10.4. The van der Waals surface area contributed by atoms with E-state index in [9.17, 15) is 0 Å². The van der Waals surface area contributed by atoms with E-state index in [1.165, 1.54) is 25.9 Å². The highest BCUT2D eigenvalue weighted by atomic mass is 16.7. The molecule has 0 unspecified atom stereocenters. The van der Waals surface area contributed by atoms with E-state index in [-0.39, 0.29) is 0 Å². The zero-order chi connectivity index (χ0) is 13.5. The molecule has 3 nitrogen and oxygen atoms in total. The molecule has 0 bridgehead atoms. The molecule has 0 spiro atoms. The van der Waals surface area contributed by atoms with Crippen molar-refractivity contribution < 1.29 is 4.84 Å². The Balaban J connectivity index is 1.89. The maximum Gasteiger partial charge on any atom is 0.0771 e. The van der Waals surface area contributed by atoms with Crippen LogP contribution in [0, 0.1) is 5.92 Å². The fourth-order valence-corrected chi connectivity index (χ4v) is 2.34. The minimum Gasteiger partial charge on any atom is -0.301 e. The molecule has 1 aromatic carbocycles. The zero-order valence-corrected chi connectivity index (χ0v) is 12.2. The molecule has 0 aliphatic carbocycles. The molecule has 3 heteroatoms. The van der Waals surface area contributed by atoms with E-state index in [1.807, 2.05) is 6.07 Å². The van der Waals surface area contributed by atoms with Gasteiger partial charge in [-0.15, -0.1) is 0 Å². The van der Waals surface area contributed by atoms with E-state index in [0.717, 1.165) is 25.4 Å². The van der Waals surface area contributed by atoms with Crippen molar-refractivity contribution in [2.75, 3.05) is 37.8 Å². The topological polar surface area (TPSA) is 15.7 Å². The number of anilines is 1. The molecule has 1 aliphatic rings. The minimum atomic E-state index is 0.554. The van der Waals surface area contributed by atoms with Crippen molar-refractivity contribution in [1.29, 1.82) is 0 Å². The first kappa shape index (κ1) is 14.4. The number of nitrogens with zero attached hydrogens (tertiary/aromatic N) is 2. The van der Waals surface area contributed by atoms with Crippen LogP contribution in [0.5, 0.6) is 0 Å². The lowest BCUT2D eigenvalue weighted by Gasteiger charge is -2.27. The van der Waals surface area contributed by atoms with Crippen molar-refractivity contribution in [3.8, 4) is 0 Å². The van der Waals surface area contributed by atoms with Gasteiger partial charge < -0.3 is 4.90 Å². The summed E-state index contributed by atoms with van der Waals surface area (Å²) in [4.78, 5) is 8.48. The lowest BCUT2D eigenvalue weighted by atomic mass is 10.2. The monoisotopic (exact) mass is 262 g/mol. The van der Waals surface area contributed by atoms with E-state index < -0.39 is 0 Å². The Hall–Kier alpha value is -1.06. The van der Waals surface area contributed by atoms with Gasteiger partial charge in [-0.25, -0.2) is 0 Å². The van der Waals surface area contributed by atoms with E-state index >= 15 is 0 Å². The summed E-state index contributed by atoms with van der Waals surface area (Å²) in [6.07, 6.45) is 2.69. The Bertz CT molecular complexity index is 347. The van der Waals surface area contributed by atoms with Gasteiger partial charge in [-0.2, -0.15) is 0 Å². The Morgan fingerprint density at radius 3 is 2.47 bits per heavy atom. The van der Waals surface area contributed by atoms with Gasteiger partial charge in [0.15, 0.2) is 0 Å². The molecule has 2 rings (SSSR count). The average molecular weight is 262 g/mol. The van der Waals surface area contributed by atoms with Crippen LogP contribution in [-0.4, -0.2) is 37.7 Å². The molecule has 106 valence electrons. The Kier molecular flexibility index (Phi) is 5.67. The van der Waals surface area contributed by atoms with Crippen molar-refractivity contribution >= 4 is 5.69 Å². The van der Waals surface area contributed by atoms with Crippen LogP contribution in [0.25, 0.3) is 0 Å². The van der Waals surface area contributed by atoms with Gasteiger partial charge in [0.25, 0.3) is 0 Å². The molecule has 1 heterocycles. The molecule has 0 N–H and O–H groups in total. The second-order valence-electron chi connectivity index (χ2n) is 5.68. The van der Waals surface area contributed by atoms with E-state index in [1.54, 1.807) is 0 Å². The third-order valence-electron chi connectivity index (χ3n) is 3.43. The van der Waals surface area contributed by atoms with Crippen LogP contribution in [0.2, 0.25) is 0 Å². The first-order chi connectivity index (χ1) is 9.25. The smallest absolute Gasteiger partial charge is 0.0771 e. The van der Waals surface area contributed by atoms with E-state index in [4.69, 9.17) is 4.84 Å². The van der Waals surface area contributed by atoms with Gasteiger partial charge in [0.05, 0.1) is 18.8 Å². The average Bonchev–Trinajstić information content (AvgIpc) is 2.93. The molecule has 1 fully saturated rings. The van der Waals surface area contributed by atoms with E-state index in [2.05, 4.69) is 48.1 Å². The normalized spacial score (nSPS) is 16.2. The highest BCUT2D eigenvalue weighted by molar-refractivity contribution is 5.43. The lowest BCUT2D eigenvalue weighted by molar-refractivity contribution is 0.0815. The van der Waals surface area contributed by atoms with Crippen LogP contribution in [0.3, 0.4) is 0 Å². The number of para-hydroxylation sites is 1. The van der Waals surface area contributed by atoms with Crippen LogP contribution in [0.15, 0.2) is 30.3 Å². The summed E-state index contributed by atoms with van der Waals surface area (Å²) >= 11 is 0. The van der Waals surface area contributed by atoms with Crippen LogP contribution in [0.1, 0.15) is 26.7 Å². The molecule has 0 saturated carbocycles. The van der Waals surface area contributed by atoms with Crippen molar-refractivity contribution in [1.82, 2.24) is 4.90 Å². The summed E-state index contributed by atoms with van der Waals surface area (Å²) < 4.78 is 0. The summed E-state index contributed by atoms with van der Waals surface area (Å²) in [5.41, 5.74) is 1.15. The van der Waals surface area contributed by atoms with Crippen LogP contribution >= 0.6 is 0 Å². The van der Waals surface area contributed by atoms with Gasteiger partial charge in [-0.3, -0.25) is 9.90 Å². The number of rotatable bonds is 7. The molecular formula is C16H26N2O. The Morgan fingerprint density at radius 2 is 1.84 bits per heavy atom. The molecular weight excluding hydrogens is 236 g/mol. The molecule has 0 aromatic heterocycles. The summed E-state index contributed by atoms with van der Waals surface area (Å²) in [5, 5.41) is 2.05. The fourth-order valence-electron chi connectivity index (χ4n) is 2.34. The van der Waals surface area contributed by atoms with Crippen LogP contribution in [-0.2, 0) is 4.84 Å². The standard InChI is InChI=1S/C16H26N2O/c1-15(2)14-19-18(16-8-4-3-5-9-16)13-12-17-10-6-7-11-17/h3-5,8-9,15H,6-7,10-14H2,1-2H3. The van der Waals surface area contributed by atoms with Gasteiger partial charge in [0.2, 0.25) is 0 Å². The fraction of sp³-hybridized carbons (Fsp3) is 0.625.